The number of amides is 2. The number of fused-ring (bicyclic) bond motifs is 1. The smallest absolute Gasteiger partial charge is 0.242 e. The fraction of sp³-hybridized carbons (Fsp3) is 0.600. The Balaban J connectivity index is 1.39. The lowest BCUT2D eigenvalue weighted by molar-refractivity contribution is -0.139. The summed E-state index contributed by atoms with van der Waals surface area (Å²) in [5, 5.41) is 0.450. The SMILES string of the molecule is C[C@@H]1[C@@H](C)Sc2ccccc2N1CC(=O)N1CCN(C(=O)C2CC2)CC1. The van der Waals surface area contributed by atoms with Crippen LogP contribution in [-0.2, 0) is 9.59 Å². The van der Waals surface area contributed by atoms with Crippen molar-refractivity contribution in [2.45, 2.75) is 42.9 Å². The van der Waals surface area contributed by atoms with Gasteiger partial charge in [0.2, 0.25) is 11.8 Å². The van der Waals surface area contributed by atoms with Gasteiger partial charge in [0.05, 0.1) is 12.2 Å². The lowest BCUT2D eigenvalue weighted by atomic mass is 10.1. The number of benzene rings is 1. The molecule has 0 bridgehead atoms. The first-order chi connectivity index (χ1) is 12.5. The lowest BCUT2D eigenvalue weighted by Crippen LogP contribution is -2.54. The molecule has 2 fully saturated rings. The third-order valence-corrected chi connectivity index (χ3v) is 7.20. The van der Waals surface area contributed by atoms with Gasteiger partial charge in [-0.3, -0.25) is 9.59 Å². The van der Waals surface area contributed by atoms with E-state index in [2.05, 4.69) is 36.9 Å². The van der Waals surface area contributed by atoms with E-state index in [9.17, 15) is 9.59 Å². The Morgan fingerprint density at radius 1 is 1.04 bits per heavy atom. The van der Waals surface area contributed by atoms with Crippen molar-refractivity contribution in [3.63, 3.8) is 0 Å². The maximum absolute atomic E-state index is 12.9. The molecule has 3 aliphatic rings. The highest BCUT2D eigenvalue weighted by molar-refractivity contribution is 8.00. The van der Waals surface area contributed by atoms with Gasteiger partial charge in [-0.05, 0) is 31.9 Å². The molecule has 0 N–H and O–H groups in total. The Morgan fingerprint density at radius 2 is 1.69 bits per heavy atom. The molecule has 6 heteroatoms. The molecule has 1 saturated heterocycles. The summed E-state index contributed by atoms with van der Waals surface area (Å²) in [5.41, 5.74) is 1.17. The predicted molar refractivity (Wildman–Crippen MR) is 104 cm³/mol. The summed E-state index contributed by atoms with van der Waals surface area (Å²) >= 11 is 1.89. The highest BCUT2D eigenvalue weighted by atomic mass is 32.2. The molecule has 1 aliphatic carbocycles. The molecule has 0 spiro atoms. The number of para-hydroxylation sites is 1. The summed E-state index contributed by atoms with van der Waals surface area (Å²) in [6, 6.07) is 8.68. The van der Waals surface area contributed by atoms with E-state index in [1.807, 2.05) is 27.6 Å². The number of anilines is 1. The Bertz CT molecular complexity index is 698. The van der Waals surface area contributed by atoms with Gasteiger partial charge in [0, 0.05) is 48.3 Å². The topological polar surface area (TPSA) is 43.9 Å². The van der Waals surface area contributed by atoms with Crippen LogP contribution in [0.5, 0.6) is 0 Å². The maximum Gasteiger partial charge on any atom is 0.242 e. The second-order valence-electron chi connectivity index (χ2n) is 7.64. The van der Waals surface area contributed by atoms with E-state index in [0.717, 1.165) is 12.8 Å². The number of hydrogen-bond donors (Lipinski definition) is 0. The van der Waals surface area contributed by atoms with Crippen molar-refractivity contribution in [1.82, 2.24) is 9.80 Å². The Morgan fingerprint density at radius 3 is 2.38 bits per heavy atom. The van der Waals surface area contributed by atoms with Gasteiger partial charge in [0.25, 0.3) is 0 Å². The van der Waals surface area contributed by atoms with E-state index in [4.69, 9.17) is 0 Å². The summed E-state index contributed by atoms with van der Waals surface area (Å²) in [6.45, 7) is 7.52. The van der Waals surface area contributed by atoms with E-state index in [1.165, 1.54) is 10.6 Å². The number of carbonyl (C=O) groups is 2. The number of thioether (sulfide) groups is 1. The van der Waals surface area contributed by atoms with Crippen LogP contribution in [0.25, 0.3) is 0 Å². The number of nitrogens with zero attached hydrogens (tertiary/aromatic N) is 3. The summed E-state index contributed by atoms with van der Waals surface area (Å²) in [7, 11) is 0. The van der Waals surface area contributed by atoms with E-state index >= 15 is 0 Å². The van der Waals surface area contributed by atoms with Gasteiger partial charge in [0.15, 0.2) is 0 Å². The molecule has 0 unspecified atom stereocenters. The van der Waals surface area contributed by atoms with Crippen molar-refractivity contribution in [3.05, 3.63) is 24.3 Å². The van der Waals surface area contributed by atoms with Crippen LogP contribution in [0, 0.1) is 5.92 Å². The summed E-state index contributed by atoms with van der Waals surface area (Å²) in [6.07, 6.45) is 2.08. The van der Waals surface area contributed by atoms with Gasteiger partial charge < -0.3 is 14.7 Å². The molecular weight excluding hydrogens is 346 g/mol. The third kappa shape index (κ3) is 3.43. The van der Waals surface area contributed by atoms with Gasteiger partial charge in [-0.2, -0.15) is 0 Å². The van der Waals surface area contributed by atoms with Crippen LogP contribution in [0.4, 0.5) is 5.69 Å². The van der Waals surface area contributed by atoms with Gasteiger partial charge in [-0.1, -0.05) is 19.1 Å². The Kier molecular flexibility index (Phi) is 4.86. The van der Waals surface area contributed by atoms with E-state index < -0.39 is 0 Å². The first-order valence-corrected chi connectivity index (χ1v) is 10.5. The van der Waals surface area contributed by atoms with Crippen molar-refractivity contribution in [2.24, 2.45) is 5.92 Å². The zero-order valence-corrected chi connectivity index (χ0v) is 16.4. The molecule has 5 nitrogen and oxygen atoms in total. The standard InChI is InChI=1S/C20H27N3O2S/c1-14-15(2)26-18-6-4-3-5-17(18)23(14)13-19(24)21-9-11-22(12-10-21)20(25)16-7-8-16/h3-6,14-16H,7-13H2,1-2H3/t14-,15-/m1/s1. The summed E-state index contributed by atoms with van der Waals surface area (Å²) in [4.78, 5) is 32.5. The van der Waals surface area contributed by atoms with Crippen LogP contribution < -0.4 is 4.90 Å². The first kappa shape index (κ1) is 17.7. The van der Waals surface area contributed by atoms with E-state index in [0.29, 0.717) is 49.9 Å². The molecule has 0 radical (unpaired) electrons. The fourth-order valence-electron chi connectivity index (χ4n) is 3.81. The quantitative estimate of drug-likeness (QED) is 0.816. The molecule has 1 saturated carbocycles. The molecule has 4 rings (SSSR count). The average molecular weight is 374 g/mol. The Labute approximate surface area is 159 Å². The predicted octanol–water partition coefficient (Wildman–Crippen LogP) is 2.46. The van der Waals surface area contributed by atoms with Gasteiger partial charge in [0.1, 0.15) is 0 Å². The van der Waals surface area contributed by atoms with Crippen molar-refractivity contribution < 1.29 is 9.59 Å². The minimum Gasteiger partial charge on any atom is -0.357 e. The highest BCUT2D eigenvalue weighted by Crippen LogP contribution is 2.41. The molecule has 1 aromatic carbocycles. The van der Waals surface area contributed by atoms with Crippen molar-refractivity contribution in [1.29, 1.82) is 0 Å². The monoisotopic (exact) mass is 373 g/mol. The molecule has 2 aliphatic heterocycles. The number of rotatable bonds is 3. The van der Waals surface area contributed by atoms with Gasteiger partial charge >= 0.3 is 0 Å². The van der Waals surface area contributed by atoms with Crippen LogP contribution in [0.2, 0.25) is 0 Å². The van der Waals surface area contributed by atoms with Crippen molar-refractivity contribution in [2.75, 3.05) is 37.6 Å². The van der Waals surface area contributed by atoms with Gasteiger partial charge in [-0.25, -0.2) is 0 Å². The zero-order valence-electron chi connectivity index (χ0n) is 15.6. The Hall–Kier alpha value is -1.69. The lowest BCUT2D eigenvalue weighted by Gasteiger charge is -2.42. The fourth-order valence-corrected chi connectivity index (χ4v) is 5.01. The van der Waals surface area contributed by atoms with Crippen LogP contribution in [0.3, 0.4) is 0 Å². The average Bonchev–Trinajstić information content (AvgIpc) is 3.50. The normalized spacial score (nSPS) is 25.8. The molecule has 1 aromatic rings. The zero-order chi connectivity index (χ0) is 18.3. The molecule has 0 aromatic heterocycles. The number of hydrogen-bond acceptors (Lipinski definition) is 4. The van der Waals surface area contributed by atoms with Crippen LogP contribution in [-0.4, -0.2) is 65.6 Å². The van der Waals surface area contributed by atoms with Gasteiger partial charge in [-0.15, -0.1) is 11.8 Å². The molecule has 140 valence electrons. The molecule has 26 heavy (non-hydrogen) atoms. The minimum atomic E-state index is 0.171. The van der Waals surface area contributed by atoms with Crippen LogP contribution >= 0.6 is 11.8 Å². The number of piperazine rings is 1. The maximum atomic E-state index is 12.9. The summed E-state index contributed by atoms with van der Waals surface area (Å²) < 4.78 is 0. The van der Waals surface area contributed by atoms with E-state index in [1.54, 1.807) is 0 Å². The molecular formula is C20H27N3O2S. The van der Waals surface area contributed by atoms with Crippen LogP contribution in [0.1, 0.15) is 26.7 Å². The summed E-state index contributed by atoms with van der Waals surface area (Å²) in [5.74, 6) is 0.729. The molecule has 2 amide bonds. The highest BCUT2D eigenvalue weighted by Gasteiger charge is 2.36. The van der Waals surface area contributed by atoms with Crippen LogP contribution in [0.15, 0.2) is 29.2 Å². The first-order valence-electron chi connectivity index (χ1n) is 9.63. The van der Waals surface area contributed by atoms with E-state index in [-0.39, 0.29) is 11.8 Å². The second kappa shape index (κ2) is 7.14. The molecule has 2 atom stereocenters. The largest absolute Gasteiger partial charge is 0.357 e. The van der Waals surface area contributed by atoms with Crippen molar-refractivity contribution >= 4 is 29.3 Å². The minimum absolute atomic E-state index is 0.171. The third-order valence-electron chi connectivity index (χ3n) is 5.83. The second-order valence-corrected chi connectivity index (χ2v) is 9.06. The molecule has 2 heterocycles. The number of carbonyl (C=O) groups excluding carboxylic acids is 2. The van der Waals surface area contributed by atoms with Crippen molar-refractivity contribution in [3.8, 4) is 0 Å².